The Balaban J connectivity index is 3.16. The van der Waals surface area contributed by atoms with E-state index in [1.165, 1.54) is 17.4 Å². The molecule has 6 nitrogen and oxygen atoms in total. The van der Waals surface area contributed by atoms with Crippen LogP contribution in [0.3, 0.4) is 0 Å². The van der Waals surface area contributed by atoms with E-state index in [0.29, 0.717) is 35.3 Å². The van der Waals surface area contributed by atoms with E-state index in [4.69, 9.17) is 5.26 Å². The summed E-state index contributed by atoms with van der Waals surface area (Å²) in [6.45, 7) is 6.72. The maximum atomic E-state index is 11.2. The van der Waals surface area contributed by atoms with Crippen molar-refractivity contribution in [3.05, 3.63) is 21.1 Å². The van der Waals surface area contributed by atoms with Gasteiger partial charge in [-0.3, -0.25) is 10.1 Å². The maximum Gasteiger partial charge on any atom is 0.304 e. The van der Waals surface area contributed by atoms with Crippen LogP contribution in [0.15, 0.2) is 6.07 Å². The van der Waals surface area contributed by atoms with Crippen molar-refractivity contribution in [3.8, 4) is 6.07 Å². The van der Waals surface area contributed by atoms with Crippen LogP contribution >= 0.6 is 11.3 Å². The van der Waals surface area contributed by atoms with Crippen molar-refractivity contribution < 1.29 is 10.0 Å². The second-order valence-electron chi connectivity index (χ2n) is 5.02. The average molecular weight is 297 g/mol. The number of aliphatic hydroxyl groups is 1. The van der Waals surface area contributed by atoms with Gasteiger partial charge in [-0.25, -0.2) is 0 Å². The van der Waals surface area contributed by atoms with E-state index in [0.717, 1.165) is 0 Å². The zero-order valence-electron chi connectivity index (χ0n) is 11.9. The molecule has 20 heavy (non-hydrogen) atoms. The van der Waals surface area contributed by atoms with Gasteiger partial charge in [-0.15, -0.1) is 11.3 Å². The number of anilines is 1. The van der Waals surface area contributed by atoms with Crippen LogP contribution in [0.5, 0.6) is 0 Å². The van der Waals surface area contributed by atoms with Crippen molar-refractivity contribution in [1.29, 1.82) is 5.26 Å². The second-order valence-corrected chi connectivity index (χ2v) is 6.08. The Morgan fingerprint density at radius 3 is 2.65 bits per heavy atom. The third-order valence-electron chi connectivity index (χ3n) is 2.69. The first-order valence-corrected chi connectivity index (χ1v) is 7.26. The van der Waals surface area contributed by atoms with Gasteiger partial charge in [0, 0.05) is 24.0 Å². The van der Waals surface area contributed by atoms with E-state index in [9.17, 15) is 15.2 Å². The molecule has 0 spiro atoms. The number of hydrogen-bond acceptors (Lipinski definition) is 6. The van der Waals surface area contributed by atoms with Gasteiger partial charge in [-0.05, 0) is 12.8 Å². The number of nitriles is 1. The molecule has 1 aromatic rings. The third-order valence-corrected chi connectivity index (χ3v) is 4.04. The average Bonchev–Trinajstić information content (AvgIpc) is 2.79. The first-order valence-electron chi connectivity index (χ1n) is 6.44. The van der Waals surface area contributed by atoms with E-state index >= 15 is 0 Å². The number of aliphatic hydroxyl groups excluding tert-OH is 1. The van der Waals surface area contributed by atoms with Crippen molar-refractivity contribution in [2.24, 2.45) is 5.92 Å². The van der Waals surface area contributed by atoms with E-state index in [1.807, 2.05) is 18.7 Å². The molecule has 0 bridgehead atoms. The van der Waals surface area contributed by atoms with Crippen molar-refractivity contribution in [3.63, 3.8) is 0 Å². The fourth-order valence-corrected chi connectivity index (χ4v) is 2.95. The van der Waals surface area contributed by atoms with Crippen LogP contribution in [-0.4, -0.2) is 23.1 Å². The summed E-state index contributed by atoms with van der Waals surface area (Å²) in [5.74, 6) is 0.324. The number of rotatable bonds is 7. The highest BCUT2D eigenvalue weighted by Crippen LogP contribution is 2.40. The fourth-order valence-electron chi connectivity index (χ4n) is 1.85. The van der Waals surface area contributed by atoms with E-state index in [-0.39, 0.29) is 5.69 Å². The summed E-state index contributed by atoms with van der Waals surface area (Å²) < 4.78 is 0. The highest BCUT2D eigenvalue weighted by molar-refractivity contribution is 7.16. The summed E-state index contributed by atoms with van der Waals surface area (Å²) in [4.78, 5) is 13.2. The molecule has 0 aliphatic rings. The van der Waals surface area contributed by atoms with Crippen LogP contribution < -0.4 is 4.90 Å². The Morgan fingerprint density at radius 2 is 2.20 bits per heavy atom. The summed E-state index contributed by atoms with van der Waals surface area (Å²) in [5, 5.41) is 30.0. The van der Waals surface area contributed by atoms with Crippen LogP contribution in [0.4, 0.5) is 10.7 Å². The topological polar surface area (TPSA) is 90.4 Å². The van der Waals surface area contributed by atoms with E-state index in [1.54, 1.807) is 6.92 Å². The summed E-state index contributed by atoms with van der Waals surface area (Å²) in [6, 6.07) is 3.48. The lowest BCUT2D eigenvalue weighted by Crippen LogP contribution is -2.28. The summed E-state index contributed by atoms with van der Waals surface area (Å²) in [5.41, 5.74) is 0.00416. The number of hydrogen-bond donors (Lipinski definition) is 1. The third kappa shape index (κ3) is 4.18. The molecule has 0 fully saturated rings. The zero-order chi connectivity index (χ0) is 15.3. The summed E-state index contributed by atoms with van der Waals surface area (Å²) >= 11 is 1.22. The molecule has 0 unspecified atom stereocenters. The highest BCUT2D eigenvalue weighted by Gasteiger charge is 2.25. The van der Waals surface area contributed by atoms with Crippen LogP contribution in [0.2, 0.25) is 0 Å². The quantitative estimate of drug-likeness (QED) is 0.617. The normalized spacial score (nSPS) is 12.2. The number of nitrogens with zero attached hydrogens (tertiary/aromatic N) is 3. The van der Waals surface area contributed by atoms with Crippen LogP contribution in [0.25, 0.3) is 0 Å². The van der Waals surface area contributed by atoms with Crippen LogP contribution in [0, 0.1) is 27.4 Å². The molecule has 1 heterocycles. The predicted molar refractivity (Wildman–Crippen MR) is 78.9 cm³/mol. The monoisotopic (exact) mass is 297 g/mol. The zero-order valence-corrected chi connectivity index (χ0v) is 12.7. The standard InChI is InChI=1S/C13H19N3O3S/c1-9(2)8-15(6-4-5-14)13-11(16(18)19)7-12(20-13)10(3)17/h7,9-10,17H,4,6,8H2,1-3H3/t10-/m0/s1. The first kappa shape index (κ1) is 16.4. The van der Waals surface area contributed by atoms with Gasteiger partial charge in [0.25, 0.3) is 0 Å². The summed E-state index contributed by atoms with van der Waals surface area (Å²) in [6.07, 6.45) is -0.421. The molecule has 0 aromatic carbocycles. The minimum absolute atomic E-state index is 0.00416. The smallest absolute Gasteiger partial charge is 0.304 e. The van der Waals surface area contributed by atoms with Gasteiger partial charge in [0.2, 0.25) is 0 Å². The molecule has 0 saturated carbocycles. The van der Waals surface area contributed by atoms with E-state index in [2.05, 4.69) is 6.07 Å². The van der Waals surface area contributed by atoms with Crippen LogP contribution in [0.1, 0.15) is 38.2 Å². The highest BCUT2D eigenvalue weighted by atomic mass is 32.1. The first-order chi connectivity index (χ1) is 9.36. The molecule has 0 radical (unpaired) electrons. The molecular weight excluding hydrogens is 278 g/mol. The molecule has 1 N–H and O–H groups in total. The van der Waals surface area contributed by atoms with Crippen molar-refractivity contribution in [2.75, 3.05) is 18.0 Å². The number of thiophene rings is 1. The van der Waals surface area contributed by atoms with Gasteiger partial charge in [0.05, 0.1) is 23.5 Å². The number of nitro groups is 1. The van der Waals surface area contributed by atoms with Crippen molar-refractivity contribution in [1.82, 2.24) is 0 Å². The minimum Gasteiger partial charge on any atom is -0.388 e. The van der Waals surface area contributed by atoms with Gasteiger partial charge in [-0.2, -0.15) is 5.26 Å². The molecule has 7 heteroatoms. The second kappa shape index (κ2) is 7.22. The van der Waals surface area contributed by atoms with E-state index < -0.39 is 11.0 Å². The predicted octanol–water partition coefficient (Wildman–Crippen LogP) is 3.09. The van der Waals surface area contributed by atoms with Gasteiger partial charge >= 0.3 is 5.69 Å². The fraction of sp³-hybridized carbons (Fsp3) is 0.615. The molecule has 0 aliphatic heterocycles. The lowest BCUT2D eigenvalue weighted by Gasteiger charge is -2.23. The molecule has 1 aromatic heterocycles. The molecule has 0 saturated heterocycles. The molecule has 1 atom stereocenters. The lowest BCUT2D eigenvalue weighted by molar-refractivity contribution is -0.383. The van der Waals surface area contributed by atoms with Gasteiger partial charge in [-0.1, -0.05) is 13.8 Å². The molecule has 0 aliphatic carbocycles. The van der Waals surface area contributed by atoms with Crippen LogP contribution in [-0.2, 0) is 0 Å². The lowest BCUT2D eigenvalue weighted by atomic mass is 10.2. The van der Waals surface area contributed by atoms with Gasteiger partial charge in [0.15, 0.2) is 5.00 Å². The van der Waals surface area contributed by atoms with Crippen molar-refractivity contribution in [2.45, 2.75) is 33.3 Å². The summed E-state index contributed by atoms with van der Waals surface area (Å²) in [7, 11) is 0. The largest absolute Gasteiger partial charge is 0.388 e. The molecular formula is C13H19N3O3S. The molecule has 0 amide bonds. The SMILES string of the molecule is CC(C)CN(CCC#N)c1sc([C@H](C)O)cc1[N+](=O)[O-]. The Hall–Kier alpha value is -1.65. The Bertz CT molecular complexity index is 505. The minimum atomic E-state index is -0.732. The Morgan fingerprint density at radius 1 is 1.55 bits per heavy atom. The van der Waals surface area contributed by atoms with Gasteiger partial charge in [0.1, 0.15) is 0 Å². The Labute approximate surface area is 122 Å². The maximum absolute atomic E-state index is 11.2. The van der Waals surface area contributed by atoms with Gasteiger partial charge < -0.3 is 10.0 Å². The molecule has 110 valence electrons. The Kier molecular flexibility index (Phi) is 5.92. The van der Waals surface area contributed by atoms with Crippen molar-refractivity contribution >= 4 is 22.0 Å². The molecule has 1 rings (SSSR count).